The van der Waals surface area contributed by atoms with Crippen molar-refractivity contribution >= 4 is 34.6 Å². The average molecular weight is 481 g/mol. The van der Waals surface area contributed by atoms with Crippen LogP contribution in [0.25, 0.3) is 11.0 Å². The number of nitrogens with zero attached hydrogens (tertiary/aromatic N) is 3. The number of aromatic nitrogens is 3. The van der Waals surface area contributed by atoms with Crippen molar-refractivity contribution in [1.82, 2.24) is 14.8 Å². The van der Waals surface area contributed by atoms with Gasteiger partial charge in [0.25, 0.3) is 0 Å². The molecule has 2 heterocycles. The van der Waals surface area contributed by atoms with Gasteiger partial charge in [0.2, 0.25) is 5.91 Å². The predicted molar refractivity (Wildman–Crippen MR) is 133 cm³/mol. The molecule has 0 atom stereocenters. The summed E-state index contributed by atoms with van der Waals surface area (Å²) >= 11 is 0. The average Bonchev–Trinajstić information content (AvgIpc) is 3.14. The van der Waals surface area contributed by atoms with Gasteiger partial charge in [0.1, 0.15) is 0 Å². The van der Waals surface area contributed by atoms with E-state index in [-0.39, 0.29) is 29.0 Å². The zero-order chi connectivity index (χ0) is 26.1. The second kappa shape index (κ2) is 9.85. The van der Waals surface area contributed by atoms with E-state index in [9.17, 15) is 14.4 Å². The molecule has 0 aliphatic heterocycles. The first kappa shape index (κ1) is 25.9. The van der Waals surface area contributed by atoms with E-state index in [1.807, 2.05) is 25.5 Å². The fraction of sp³-hybridized carbons (Fsp3) is 0.423. The Morgan fingerprint density at radius 1 is 0.943 bits per heavy atom. The van der Waals surface area contributed by atoms with Crippen LogP contribution in [0.5, 0.6) is 0 Å². The van der Waals surface area contributed by atoms with E-state index in [1.54, 1.807) is 0 Å². The van der Waals surface area contributed by atoms with Crippen LogP contribution in [0.15, 0.2) is 18.2 Å². The molecule has 1 amide bonds. The first-order valence-electron chi connectivity index (χ1n) is 11.3. The van der Waals surface area contributed by atoms with Gasteiger partial charge in [-0.2, -0.15) is 5.10 Å². The molecule has 0 fully saturated rings. The molecule has 0 saturated carbocycles. The zero-order valence-electron chi connectivity index (χ0n) is 21.5. The van der Waals surface area contributed by atoms with Gasteiger partial charge in [-0.25, -0.2) is 19.3 Å². The molecule has 1 aromatic carbocycles. The molecule has 1 N–H and O–H groups in total. The van der Waals surface area contributed by atoms with Crippen LogP contribution in [0.4, 0.5) is 5.69 Å². The maximum absolute atomic E-state index is 12.8. The quantitative estimate of drug-likeness (QED) is 0.525. The number of hydrogen-bond acceptors (Lipinski definition) is 7. The summed E-state index contributed by atoms with van der Waals surface area (Å²) in [6.45, 7) is 12.2. The summed E-state index contributed by atoms with van der Waals surface area (Å²) in [5, 5.41) is 8.49. The van der Waals surface area contributed by atoms with E-state index in [4.69, 9.17) is 19.6 Å². The molecule has 3 aromatic rings. The number of aryl methyl sites for hydroxylation is 3. The summed E-state index contributed by atoms with van der Waals surface area (Å²) in [5.41, 5.74) is 5.04. The zero-order valence-corrected chi connectivity index (χ0v) is 21.5. The molecule has 9 heteroatoms. The Morgan fingerprint density at radius 3 is 2.03 bits per heavy atom. The summed E-state index contributed by atoms with van der Waals surface area (Å²) in [5.74, 6) is -1.50. The van der Waals surface area contributed by atoms with Gasteiger partial charge in [0.15, 0.2) is 5.65 Å². The first-order chi connectivity index (χ1) is 16.4. The van der Waals surface area contributed by atoms with Crippen LogP contribution < -0.4 is 5.32 Å². The van der Waals surface area contributed by atoms with Crippen LogP contribution >= 0.6 is 0 Å². The largest absolute Gasteiger partial charge is 0.465 e. The van der Waals surface area contributed by atoms with Gasteiger partial charge in [-0.05, 0) is 77.3 Å². The molecular formula is C26H32N4O5. The van der Waals surface area contributed by atoms with E-state index in [0.29, 0.717) is 12.1 Å². The number of anilines is 1. The minimum atomic E-state index is -0.622. The maximum Gasteiger partial charge on any atom is 0.337 e. The minimum Gasteiger partial charge on any atom is -0.465 e. The third kappa shape index (κ3) is 5.34. The molecule has 0 aliphatic rings. The summed E-state index contributed by atoms with van der Waals surface area (Å²) in [6, 6.07) is 4.29. The van der Waals surface area contributed by atoms with E-state index in [1.165, 1.54) is 32.4 Å². The molecule has 3 rings (SSSR count). The topological polar surface area (TPSA) is 112 Å². The minimum absolute atomic E-state index is 0.137. The second-order valence-corrected chi connectivity index (χ2v) is 9.50. The molecule has 0 radical (unpaired) electrons. The Hall–Kier alpha value is -3.75. The van der Waals surface area contributed by atoms with Gasteiger partial charge >= 0.3 is 11.9 Å². The van der Waals surface area contributed by atoms with Crippen molar-refractivity contribution in [3.8, 4) is 0 Å². The molecule has 186 valence electrons. The van der Waals surface area contributed by atoms with Crippen LogP contribution in [0.2, 0.25) is 0 Å². The van der Waals surface area contributed by atoms with Crippen molar-refractivity contribution < 1.29 is 23.9 Å². The number of rotatable bonds is 6. The maximum atomic E-state index is 12.8. The molecule has 0 spiro atoms. The Kier molecular flexibility index (Phi) is 7.28. The van der Waals surface area contributed by atoms with E-state index >= 15 is 0 Å². The highest BCUT2D eigenvalue weighted by atomic mass is 16.5. The van der Waals surface area contributed by atoms with E-state index < -0.39 is 11.9 Å². The molecule has 9 nitrogen and oxygen atoms in total. The first-order valence-corrected chi connectivity index (χ1v) is 11.3. The smallest absolute Gasteiger partial charge is 0.337 e. The van der Waals surface area contributed by atoms with Gasteiger partial charge in [-0.1, -0.05) is 0 Å². The highest BCUT2D eigenvalue weighted by molar-refractivity contribution is 5.99. The number of benzene rings is 1. The lowest BCUT2D eigenvalue weighted by Gasteiger charge is -2.20. The molecule has 35 heavy (non-hydrogen) atoms. The Labute approximate surface area is 204 Å². The molecular weight excluding hydrogens is 448 g/mol. The van der Waals surface area contributed by atoms with Crippen LogP contribution in [0, 0.1) is 20.8 Å². The number of carbonyl (C=O) groups is 3. The van der Waals surface area contributed by atoms with Crippen molar-refractivity contribution in [1.29, 1.82) is 0 Å². The van der Waals surface area contributed by atoms with Crippen LogP contribution in [-0.4, -0.2) is 46.8 Å². The van der Waals surface area contributed by atoms with Gasteiger partial charge in [-0.15, -0.1) is 0 Å². The standard InChI is InChI=1S/C26H32N4O5/c1-14-20(15(2)27-23-22(14)16(3)29-30(23)26(4,5)6)9-10-21(31)28-19-12-17(24(32)34-7)11-18(13-19)25(33)35-8/h11-13H,9-10H2,1-8H3,(H,28,31). The monoisotopic (exact) mass is 480 g/mol. The van der Waals surface area contributed by atoms with Crippen molar-refractivity contribution in [3.63, 3.8) is 0 Å². The van der Waals surface area contributed by atoms with Crippen LogP contribution in [0.3, 0.4) is 0 Å². The fourth-order valence-electron chi connectivity index (χ4n) is 4.18. The lowest BCUT2D eigenvalue weighted by molar-refractivity contribution is -0.116. The van der Waals surface area contributed by atoms with Crippen LogP contribution in [-0.2, 0) is 26.2 Å². The molecule has 0 aliphatic carbocycles. The summed E-state index contributed by atoms with van der Waals surface area (Å²) in [6.07, 6.45) is 0.671. The third-order valence-electron chi connectivity index (χ3n) is 5.87. The number of methoxy groups -OCH3 is 2. The SMILES string of the molecule is COC(=O)c1cc(NC(=O)CCc2c(C)nc3c(c(C)nn3C(C)(C)C)c2C)cc(C(=O)OC)c1. The van der Waals surface area contributed by atoms with E-state index in [0.717, 1.165) is 33.5 Å². The van der Waals surface area contributed by atoms with Gasteiger partial charge < -0.3 is 14.8 Å². The lowest BCUT2D eigenvalue weighted by Crippen LogP contribution is -2.23. The number of nitrogens with one attached hydrogen (secondary N) is 1. The molecule has 0 unspecified atom stereocenters. The van der Waals surface area contributed by atoms with Gasteiger partial charge in [0, 0.05) is 23.2 Å². The number of ether oxygens (including phenoxy) is 2. The number of esters is 2. The number of fused-ring (bicyclic) bond motifs is 1. The normalized spacial score (nSPS) is 11.4. The number of carbonyl (C=O) groups excluding carboxylic acids is 3. The van der Waals surface area contributed by atoms with E-state index in [2.05, 4.69) is 26.1 Å². The Bertz CT molecular complexity index is 1280. The number of amides is 1. The summed E-state index contributed by atoms with van der Waals surface area (Å²) < 4.78 is 11.4. The van der Waals surface area contributed by atoms with Gasteiger partial charge in [-0.3, -0.25) is 4.79 Å². The van der Waals surface area contributed by atoms with Crippen molar-refractivity contribution in [2.45, 2.75) is 59.9 Å². The lowest BCUT2D eigenvalue weighted by atomic mass is 9.99. The van der Waals surface area contributed by atoms with Crippen LogP contribution in [0.1, 0.15) is 70.4 Å². The number of hydrogen-bond donors (Lipinski definition) is 1. The highest BCUT2D eigenvalue weighted by Gasteiger charge is 2.23. The Balaban J connectivity index is 1.85. The third-order valence-corrected chi connectivity index (χ3v) is 5.87. The molecule has 0 saturated heterocycles. The summed E-state index contributed by atoms with van der Waals surface area (Å²) in [4.78, 5) is 41.6. The summed E-state index contributed by atoms with van der Waals surface area (Å²) in [7, 11) is 2.49. The number of pyridine rings is 1. The van der Waals surface area contributed by atoms with Crippen molar-refractivity contribution in [2.75, 3.05) is 19.5 Å². The fourth-order valence-corrected chi connectivity index (χ4v) is 4.18. The highest BCUT2D eigenvalue weighted by Crippen LogP contribution is 2.29. The van der Waals surface area contributed by atoms with Gasteiger partial charge in [0.05, 0.1) is 36.6 Å². The van der Waals surface area contributed by atoms with Crippen molar-refractivity contribution in [3.05, 3.63) is 51.8 Å². The predicted octanol–water partition coefficient (Wildman–Crippen LogP) is 4.26. The molecule has 0 bridgehead atoms. The Morgan fingerprint density at radius 2 is 1.51 bits per heavy atom. The van der Waals surface area contributed by atoms with Crippen molar-refractivity contribution in [2.24, 2.45) is 0 Å². The second-order valence-electron chi connectivity index (χ2n) is 9.50. The molecule has 2 aromatic heterocycles.